The molecule has 1 aliphatic carbocycles. The molecule has 19 heavy (non-hydrogen) atoms. The van der Waals surface area contributed by atoms with Gasteiger partial charge in [0.25, 0.3) is 0 Å². The smallest absolute Gasteiger partial charge is 0.142 e. The lowest BCUT2D eigenvalue weighted by atomic mass is 9.87. The molecular weight excluding hydrogens is 238 g/mol. The summed E-state index contributed by atoms with van der Waals surface area (Å²) in [5, 5.41) is 3.48. The molecule has 0 bridgehead atoms. The Balaban J connectivity index is 1.86. The van der Waals surface area contributed by atoms with E-state index in [2.05, 4.69) is 5.32 Å². The molecule has 0 saturated heterocycles. The van der Waals surface area contributed by atoms with Gasteiger partial charge in [-0.25, -0.2) is 0 Å². The first-order valence-corrected chi connectivity index (χ1v) is 7.29. The first-order valence-electron chi connectivity index (χ1n) is 7.29. The van der Waals surface area contributed by atoms with Gasteiger partial charge in [0, 0.05) is 12.6 Å². The summed E-state index contributed by atoms with van der Waals surface area (Å²) >= 11 is 0. The van der Waals surface area contributed by atoms with Crippen LogP contribution >= 0.6 is 0 Å². The Kier molecular flexibility index (Phi) is 5.37. The molecule has 0 heterocycles. The molecule has 0 unspecified atom stereocenters. The third-order valence-corrected chi connectivity index (χ3v) is 4.00. The zero-order valence-electron chi connectivity index (χ0n) is 12.1. The molecule has 0 atom stereocenters. The Labute approximate surface area is 116 Å². The maximum Gasteiger partial charge on any atom is 0.142 e. The predicted octanol–water partition coefficient (Wildman–Crippen LogP) is 4.09. The molecule has 1 fully saturated rings. The number of ether oxygens (including phenoxy) is 2. The Morgan fingerprint density at radius 3 is 2.58 bits per heavy atom. The van der Waals surface area contributed by atoms with Crippen LogP contribution in [0.15, 0.2) is 18.2 Å². The van der Waals surface area contributed by atoms with Crippen molar-refractivity contribution in [1.29, 1.82) is 0 Å². The van der Waals surface area contributed by atoms with Crippen LogP contribution in [0.2, 0.25) is 0 Å². The molecule has 1 aliphatic rings. The summed E-state index contributed by atoms with van der Waals surface area (Å²) in [6.45, 7) is 1.01. The van der Waals surface area contributed by atoms with Crippen LogP contribution in [-0.4, -0.2) is 20.8 Å². The van der Waals surface area contributed by atoms with Gasteiger partial charge in [0.05, 0.1) is 19.9 Å². The molecule has 3 heteroatoms. The van der Waals surface area contributed by atoms with Gasteiger partial charge in [0.2, 0.25) is 0 Å². The van der Waals surface area contributed by atoms with Crippen LogP contribution in [0.25, 0.3) is 0 Å². The second-order valence-electron chi connectivity index (χ2n) is 5.29. The minimum Gasteiger partial charge on any atom is -0.497 e. The Bertz CT molecular complexity index is 386. The summed E-state index contributed by atoms with van der Waals surface area (Å²) in [5.41, 5.74) is 1.03. The van der Waals surface area contributed by atoms with E-state index in [0.717, 1.165) is 29.6 Å². The lowest BCUT2D eigenvalue weighted by molar-refractivity contribution is 0.345. The number of rotatable bonds is 6. The highest BCUT2D eigenvalue weighted by atomic mass is 16.5. The fraction of sp³-hybridized carbons (Fsp3) is 0.625. The largest absolute Gasteiger partial charge is 0.497 e. The molecule has 0 amide bonds. The predicted molar refractivity (Wildman–Crippen MR) is 79.2 cm³/mol. The number of anilines is 1. The normalized spacial score (nSPS) is 16.1. The van der Waals surface area contributed by atoms with Gasteiger partial charge in [0.1, 0.15) is 11.5 Å². The second-order valence-corrected chi connectivity index (χ2v) is 5.29. The van der Waals surface area contributed by atoms with E-state index >= 15 is 0 Å². The first kappa shape index (κ1) is 14.0. The number of nitrogens with one attached hydrogen (secondary N) is 1. The first-order chi connectivity index (χ1) is 9.33. The van der Waals surface area contributed by atoms with Gasteiger partial charge >= 0.3 is 0 Å². The lowest BCUT2D eigenvalue weighted by Gasteiger charge is -2.22. The number of methoxy groups -OCH3 is 2. The number of benzene rings is 1. The van der Waals surface area contributed by atoms with E-state index in [4.69, 9.17) is 9.47 Å². The van der Waals surface area contributed by atoms with Gasteiger partial charge in [-0.3, -0.25) is 0 Å². The molecule has 0 aliphatic heterocycles. The SMILES string of the molecule is COc1ccc(OC)c(NCCC2CCCCC2)c1. The molecule has 1 saturated carbocycles. The fourth-order valence-corrected chi connectivity index (χ4v) is 2.84. The topological polar surface area (TPSA) is 30.5 Å². The van der Waals surface area contributed by atoms with Crippen LogP contribution in [0.4, 0.5) is 5.69 Å². The molecule has 0 radical (unpaired) electrons. The summed E-state index contributed by atoms with van der Waals surface area (Å²) in [6, 6.07) is 5.87. The van der Waals surface area contributed by atoms with Crippen LogP contribution in [0, 0.1) is 5.92 Å². The minimum absolute atomic E-state index is 0.862. The second kappa shape index (κ2) is 7.27. The highest BCUT2D eigenvalue weighted by Crippen LogP contribution is 2.30. The van der Waals surface area contributed by atoms with E-state index in [-0.39, 0.29) is 0 Å². The summed E-state index contributed by atoms with van der Waals surface area (Å²) in [5.74, 6) is 2.64. The molecule has 0 aromatic heterocycles. The van der Waals surface area contributed by atoms with Gasteiger partial charge in [0.15, 0.2) is 0 Å². The van der Waals surface area contributed by atoms with Crippen LogP contribution in [0.1, 0.15) is 38.5 Å². The summed E-state index contributed by atoms with van der Waals surface area (Å²) < 4.78 is 10.6. The molecule has 3 nitrogen and oxygen atoms in total. The molecule has 1 aromatic carbocycles. The zero-order chi connectivity index (χ0) is 13.5. The van der Waals surface area contributed by atoms with Crippen LogP contribution in [0.3, 0.4) is 0 Å². The van der Waals surface area contributed by atoms with E-state index in [1.165, 1.54) is 38.5 Å². The molecule has 1 N–H and O–H groups in total. The zero-order valence-corrected chi connectivity index (χ0v) is 12.1. The average molecular weight is 263 g/mol. The maximum absolute atomic E-state index is 5.37. The van der Waals surface area contributed by atoms with Crippen molar-refractivity contribution in [3.63, 3.8) is 0 Å². The molecular formula is C16H25NO2. The molecule has 106 valence electrons. The standard InChI is InChI=1S/C16H25NO2/c1-18-14-8-9-16(19-2)15(12-14)17-11-10-13-6-4-3-5-7-13/h8-9,12-13,17H,3-7,10-11H2,1-2H3. The monoisotopic (exact) mass is 263 g/mol. The van der Waals surface area contributed by atoms with Crippen molar-refractivity contribution in [2.45, 2.75) is 38.5 Å². The van der Waals surface area contributed by atoms with E-state index in [9.17, 15) is 0 Å². The Hall–Kier alpha value is -1.38. The highest BCUT2D eigenvalue weighted by Gasteiger charge is 2.13. The summed E-state index contributed by atoms with van der Waals surface area (Å²) in [7, 11) is 3.39. The van der Waals surface area contributed by atoms with Gasteiger partial charge in [-0.05, 0) is 24.5 Å². The minimum atomic E-state index is 0.862. The Morgan fingerprint density at radius 1 is 1.11 bits per heavy atom. The quantitative estimate of drug-likeness (QED) is 0.838. The Morgan fingerprint density at radius 2 is 1.89 bits per heavy atom. The highest BCUT2D eigenvalue weighted by molar-refractivity contribution is 5.59. The lowest BCUT2D eigenvalue weighted by Crippen LogP contribution is -2.12. The van der Waals surface area contributed by atoms with E-state index in [1.807, 2.05) is 18.2 Å². The fourth-order valence-electron chi connectivity index (χ4n) is 2.84. The van der Waals surface area contributed by atoms with Gasteiger partial charge in [-0.2, -0.15) is 0 Å². The summed E-state index contributed by atoms with van der Waals surface area (Å²) in [4.78, 5) is 0. The third kappa shape index (κ3) is 4.05. The number of hydrogen-bond donors (Lipinski definition) is 1. The van der Waals surface area contributed by atoms with Crippen molar-refractivity contribution in [3.8, 4) is 11.5 Å². The van der Waals surface area contributed by atoms with Crippen molar-refractivity contribution in [3.05, 3.63) is 18.2 Å². The maximum atomic E-state index is 5.37. The average Bonchev–Trinajstić information content (AvgIpc) is 2.48. The van der Waals surface area contributed by atoms with Crippen LogP contribution in [0.5, 0.6) is 11.5 Å². The number of hydrogen-bond acceptors (Lipinski definition) is 3. The molecule has 0 spiro atoms. The van der Waals surface area contributed by atoms with Gasteiger partial charge < -0.3 is 14.8 Å². The van der Waals surface area contributed by atoms with Crippen molar-refractivity contribution < 1.29 is 9.47 Å². The van der Waals surface area contributed by atoms with Crippen molar-refractivity contribution in [2.75, 3.05) is 26.1 Å². The van der Waals surface area contributed by atoms with Crippen molar-refractivity contribution in [2.24, 2.45) is 5.92 Å². The van der Waals surface area contributed by atoms with Crippen LogP contribution in [-0.2, 0) is 0 Å². The van der Waals surface area contributed by atoms with Crippen molar-refractivity contribution in [1.82, 2.24) is 0 Å². The van der Waals surface area contributed by atoms with Gasteiger partial charge in [-0.15, -0.1) is 0 Å². The van der Waals surface area contributed by atoms with Crippen molar-refractivity contribution >= 4 is 5.69 Å². The van der Waals surface area contributed by atoms with Crippen LogP contribution < -0.4 is 14.8 Å². The summed E-state index contributed by atoms with van der Waals surface area (Å²) in [6.07, 6.45) is 8.29. The molecule has 2 rings (SSSR count). The van der Waals surface area contributed by atoms with E-state index in [1.54, 1.807) is 14.2 Å². The van der Waals surface area contributed by atoms with E-state index < -0.39 is 0 Å². The van der Waals surface area contributed by atoms with Gasteiger partial charge in [-0.1, -0.05) is 32.1 Å². The molecule has 1 aromatic rings. The van der Waals surface area contributed by atoms with E-state index in [0.29, 0.717) is 0 Å². The third-order valence-electron chi connectivity index (χ3n) is 4.00.